The van der Waals surface area contributed by atoms with Crippen LogP contribution in [0.25, 0.3) is 0 Å². The van der Waals surface area contributed by atoms with Gasteiger partial charge >= 0.3 is 0 Å². The Kier molecular flexibility index (Phi) is 4.57. The molecule has 0 aliphatic carbocycles. The highest BCUT2D eigenvalue weighted by Crippen LogP contribution is 2.20. The molecule has 1 fully saturated rings. The average Bonchev–Trinajstić information content (AvgIpc) is 2.97. The van der Waals surface area contributed by atoms with Crippen LogP contribution in [-0.4, -0.2) is 47.9 Å². The number of aryl methyl sites for hydroxylation is 1. The van der Waals surface area contributed by atoms with E-state index in [2.05, 4.69) is 33.1 Å². The van der Waals surface area contributed by atoms with Crippen molar-refractivity contribution >= 4 is 0 Å². The van der Waals surface area contributed by atoms with Gasteiger partial charge in [0, 0.05) is 19.3 Å². The Morgan fingerprint density at radius 3 is 3.12 bits per heavy atom. The molecule has 0 bridgehead atoms. The first-order chi connectivity index (χ1) is 8.33. The van der Waals surface area contributed by atoms with Gasteiger partial charge in [-0.3, -0.25) is 4.68 Å². The van der Waals surface area contributed by atoms with E-state index in [0.717, 1.165) is 26.1 Å². The fraction of sp³-hybridized carbons (Fsp3) is 0.769. The molecule has 1 aliphatic rings. The van der Waals surface area contributed by atoms with Crippen molar-refractivity contribution in [1.29, 1.82) is 0 Å². The van der Waals surface area contributed by atoms with Gasteiger partial charge in [-0.25, -0.2) is 0 Å². The Balaban J connectivity index is 1.85. The summed E-state index contributed by atoms with van der Waals surface area (Å²) in [5.41, 5.74) is 1.37. The predicted molar refractivity (Wildman–Crippen MR) is 70.2 cm³/mol. The zero-order valence-corrected chi connectivity index (χ0v) is 11.0. The summed E-state index contributed by atoms with van der Waals surface area (Å²) >= 11 is 0. The molecule has 0 spiro atoms. The fourth-order valence-corrected chi connectivity index (χ4v) is 2.49. The molecule has 0 amide bonds. The Bertz CT molecular complexity index is 334. The van der Waals surface area contributed by atoms with Crippen molar-refractivity contribution in [3.63, 3.8) is 0 Å². The summed E-state index contributed by atoms with van der Waals surface area (Å²) in [6.07, 6.45) is 7.83. The minimum Gasteiger partial charge on any atom is -0.320 e. The summed E-state index contributed by atoms with van der Waals surface area (Å²) in [7, 11) is 2.00. The molecule has 1 aliphatic heterocycles. The molecule has 0 saturated carbocycles. The number of likely N-dealkylation sites (tertiary alicyclic amines) is 1. The van der Waals surface area contributed by atoms with E-state index in [1.54, 1.807) is 0 Å². The molecular formula is C13H24N4. The van der Waals surface area contributed by atoms with E-state index in [1.807, 2.05) is 13.2 Å². The van der Waals surface area contributed by atoms with Crippen LogP contribution in [0.15, 0.2) is 12.4 Å². The van der Waals surface area contributed by atoms with Crippen molar-refractivity contribution in [3.05, 3.63) is 18.0 Å². The van der Waals surface area contributed by atoms with Crippen molar-refractivity contribution in [3.8, 4) is 0 Å². The number of aromatic nitrogens is 2. The third-order valence-electron chi connectivity index (χ3n) is 3.62. The first kappa shape index (κ1) is 12.6. The molecule has 96 valence electrons. The Hall–Kier alpha value is -0.870. The van der Waals surface area contributed by atoms with E-state index in [-0.39, 0.29) is 0 Å². The van der Waals surface area contributed by atoms with Gasteiger partial charge in [0.1, 0.15) is 0 Å². The van der Waals surface area contributed by atoms with E-state index >= 15 is 0 Å². The summed E-state index contributed by atoms with van der Waals surface area (Å²) in [5.74, 6) is 0. The van der Waals surface area contributed by atoms with Crippen LogP contribution in [0.4, 0.5) is 0 Å². The van der Waals surface area contributed by atoms with Crippen LogP contribution in [0.1, 0.15) is 31.4 Å². The van der Waals surface area contributed by atoms with E-state index in [4.69, 9.17) is 0 Å². The largest absolute Gasteiger partial charge is 0.320 e. The molecule has 2 rings (SSSR count). The van der Waals surface area contributed by atoms with Crippen LogP contribution in [0, 0.1) is 0 Å². The number of nitrogens with zero attached hydrogens (tertiary/aromatic N) is 3. The molecule has 4 nitrogen and oxygen atoms in total. The van der Waals surface area contributed by atoms with Gasteiger partial charge in [-0.15, -0.1) is 0 Å². The molecule has 2 heterocycles. The molecule has 1 atom stereocenters. The molecule has 1 aromatic rings. The lowest BCUT2D eigenvalue weighted by molar-refractivity contribution is 0.335. The van der Waals surface area contributed by atoms with Crippen molar-refractivity contribution in [1.82, 2.24) is 20.0 Å². The highest BCUT2D eigenvalue weighted by molar-refractivity contribution is 5.05. The molecule has 1 aromatic heterocycles. The first-order valence-corrected chi connectivity index (χ1v) is 6.73. The number of nitrogens with one attached hydrogen (secondary N) is 1. The first-order valence-electron chi connectivity index (χ1n) is 6.73. The molecule has 1 saturated heterocycles. The second kappa shape index (κ2) is 6.17. The highest BCUT2D eigenvalue weighted by atomic mass is 15.3. The second-order valence-electron chi connectivity index (χ2n) is 4.87. The Morgan fingerprint density at radius 1 is 1.53 bits per heavy atom. The monoisotopic (exact) mass is 236 g/mol. The van der Waals surface area contributed by atoms with Crippen molar-refractivity contribution < 1.29 is 0 Å². The van der Waals surface area contributed by atoms with Gasteiger partial charge < -0.3 is 10.2 Å². The molecule has 0 radical (unpaired) electrons. The summed E-state index contributed by atoms with van der Waals surface area (Å²) in [6.45, 7) is 6.85. The zero-order valence-electron chi connectivity index (χ0n) is 11.0. The van der Waals surface area contributed by atoms with Crippen LogP contribution in [-0.2, 0) is 6.42 Å². The van der Waals surface area contributed by atoms with Crippen LogP contribution in [0.2, 0.25) is 0 Å². The maximum atomic E-state index is 4.52. The molecular weight excluding hydrogens is 212 g/mol. The van der Waals surface area contributed by atoms with Gasteiger partial charge in [0.05, 0.1) is 12.2 Å². The maximum Gasteiger partial charge on any atom is 0.0658 e. The summed E-state index contributed by atoms with van der Waals surface area (Å²) in [4.78, 5) is 2.49. The van der Waals surface area contributed by atoms with E-state index in [1.165, 1.54) is 24.9 Å². The number of hydrogen-bond acceptors (Lipinski definition) is 3. The third-order valence-corrected chi connectivity index (χ3v) is 3.62. The van der Waals surface area contributed by atoms with E-state index in [9.17, 15) is 0 Å². The summed E-state index contributed by atoms with van der Waals surface area (Å²) < 4.78 is 2.17. The lowest BCUT2D eigenvalue weighted by Crippen LogP contribution is -2.21. The normalized spacial score (nSPS) is 21.2. The fourth-order valence-electron chi connectivity index (χ4n) is 2.49. The van der Waals surface area contributed by atoms with Gasteiger partial charge in [-0.05, 0) is 45.0 Å². The topological polar surface area (TPSA) is 33.1 Å². The molecule has 1 N–H and O–H groups in total. The third kappa shape index (κ3) is 3.30. The lowest BCUT2D eigenvalue weighted by atomic mass is 10.2. The van der Waals surface area contributed by atoms with Crippen LogP contribution >= 0.6 is 0 Å². The Morgan fingerprint density at radius 2 is 2.41 bits per heavy atom. The minimum atomic E-state index is 0.591. The van der Waals surface area contributed by atoms with Crippen molar-refractivity contribution in [2.24, 2.45) is 0 Å². The minimum absolute atomic E-state index is 0.591. The quantitative estimate of drug-likeness (QED) is 0.756. The van der Waals surface area contributed by atoms with Crippen molar-refractivity contribution in [2.75, 3.05) is 33.2 Å². The molecule has 4 heteroatoms. The van der Waals surface area contributed by atoms with E-state index < -0.39 is 0 Å². The summed E-state index contributed by atoms with van der Waals surface area (Å²) in [6, 6.07) is 0.591. The number of likely N-dealkylation sites (N-methyl/N-ethyl adjacent to an activating group) is 1. The van der Waals surface area contributed by atoms with Gasteiger partial charge in [0.25, 0.3) is 0 Å². The van der Waals surface area contributed by atoms with Crippen LogP contribution in [0.5, 0.6) is 0 Å². The number of hydrogen-bond donors (Lipinski definition) is 1. The van der Waals surface area contributed by atoms with Crippen molar-refractivity contribution in [2.45, 2.75) is 32.2 Å². The van der Waals surface area contributed by atoms with Crippen LogP contribution in [0.3, 0.4) is 0 Å². The van der Waals surface area contributed by atoms with Gasteiger partial charge in [-0.1, -0.05) is 6.92 Å². The molecule has 1 unspecified atom stereocenters. The number of rotatable bonds is 6. The second-order valence-corrected chi connectivity index (χ2v) is 4.87. The van der Waals surface area contributed by atoms with Gasteiger partial charge in [0.15, 0.2) is 0 Å². The van der Waals surface area contributed by atoms with Gasteiger partial charge in [0.2, 0.25) is 0 Å². The standard InChI is InChI=1S/C13H24N4/c1-3-16-8-6-13(11-16)17-10-12(9-15-17)5-4-7-14-2/h9-10,13-14H,3-8,11H2,1-2H3. The molecule has 17 heavy (non-hydrogen) atoms. The smallest absolute Gasteiger partial charge is 0.0658 e. The SMILES string of the molecule is CCN1CCC(n2cc(CCCNC)cn2)C1. The predicted octanol–water partition coefficient (Wildman–Crippen LogP) is 1.30. The Labute approximate surface area is 104 Å². The lowest BCUT2D eigenvalue weighted by Gasteiger charge is -2.13. The van der Waals surface area contributed by atoms with Crippen LogP contribution < -0.4 is 5.32 Å². The van der Waals surface area contributed by atoms with Gasteiger partial charge in [-0.2, -0.15) is 5.10 Å². The zero-order chi connectivity index (χ0) is 12.1. The maximum absolute atomic E-state index is 4.52. The average molecular weight is 236 g/mol. The van der Waals surface area contributed by atoms with E-state index in [0.29, 0.717) is 6.04 Å². The molecule has 0 aromatic carbocycles. The highest BCUT2D eigenvalue weighted by Gasteiger charge is 2.22. The summed E-state index contributed by atoms with van der Waals surface area (Å²) in [5, 5.41) is 7.69.